The van der Waals surface area contributed by atoms with E-state index in [2.05, 4.69) is 16.0 Å². The minimum atomic E-state index is -0.168. The second kappa shape index (κ2) is 4.14. The first kappa shape index (κ1) is 10.8. The maximum absolute atomic E-state index is 11.2. The van der Waals surface area contributed by atoms with Gasteiger partial charge in [0.15, 0.2) is 5.75 Å². The van der Waals surface area contributed by atoms with Crippen molar-refractivity contribution in [3.8, 4) is 5.75 Å². The van der Waals surface area contributed by atoms with E-state index in [4.69, 9.17) is 4.84 Å². The molecule has 0 saturated heterocycles. The Balaban J connectivity index is 1.92. The average Bonchev–Trinajstić information content (AvgIpc) is 2.38. The number of hydrogen-bond acceptors (Lipinski definition) is 4. The van der Waals surface area contributed by atoms with Crippen molar-refractivity contribution in [1.29, 1.82) is 0 Å². The van der Waals surface area contributed by atoms with Gasteiger partial charge in [0.25, 0.3) is 5.91 Å². The summed E-state index contributed by atoms with van der Waals surface area (Å²) in [6.07, 6.45) is 1.34. The molecule has 2 heterocycles. The van der Waals surface area contributed by atoms with Gasteiger partial charge in [-0.3, -0.25) is 9.59 Å². The summed E-state index contributed by atoms with van der Waals surface area (Å²) in [6.45, 7) is 0. The van der Waals surface area contributed by atoms with Crippen molar-refractivity contribution in [2.45, 2.75) is 19.3 Å². The van der Waals surface area contributed by atoms with Gasteiger partial charge in [-0.1, -0.05) is 0 Å². The van der Waals surface area contributed by atoms with E-state index >= 15 is 0 Å². The largest absolute Gasteiger partial charge is 0.379 e. The fourth-order valence-electron chi connectivity index (χ4n) is 2.00. The van der Waals surface area contributed by atoms with Crippen molar-refractivity contribution in [1.82, 2.24) is 10.9 Å². The zero-order valence-corrected chi connectivity index (χ0v) is 9.53. The second-order valence-electron chi connectivity index (χ2n) is 4.22. The van der Waals surface area contributed by atoms with Crippen LogP contribution < -0.4 is 15.7 Å². The predicted molar refractivity (Wildman–Crippen MR) is 62.8 cm³/mol. The molecule has 2 N–H and O–H groups in total. The monoisotopic (exact) mass is 245 g/mol. The number of rotatable bonds is 1. The Labute approximate surface area is 103 Å². The lowest BCUT2D eigenvalue weighted by Crippen LogP contribution is -2.33. The van der Waals surface area contributed by atoms with Gasteiger partial charge in [0, 0.05) is 18.4 Å². The molecule has 0 saturated carbocycles. The molecule has 6 heteroatoms. The fraction of sp³-hybridized carbons (Fsp3) is 0.250. The van der Waals surface area contributed by atoms with Gasteiger partial charge in [0.2, 0.25) is 5.91 Å². The third-order valence-electron chi connectivity index (χ3n) is 2.92. The number of hydroxylamine groups is 1. The molecule has 0 radical (unpaired) electrons. The lowest BCUT2D eigenvalue weighted by molar-refractivity contribution is -0.128. The lowest BCUT2D eigenvalue weighted by Gasteiger charge is -2.18. The second-order valence-corrected chi connectivity index (χ2v) is 4.22. The Hall–Kier alpha value is -2.37. The van der Waals surface area contributed by atoms with Crippen LogP contribution in [0.5, 0.6) is 5.75 Å². The molecule has 0 spiro atoms. The molecule has 3 rings (SSSR count). The van der Waals surface area contributed by atoms with Crippen molar-refractivity contribution < 1.29 is 14.4 Å². The third kappa shape index (κ3) is 1.92. The van der Waals surface area contributed by atoms with Gasteiger partial charge in [-0.05, 0) is 23.8 Å². The van der Waals surface area contributed by atoms with Crippen LogP contribution in [0.3, 0.4) is 0 Å². The Morgan fingerprint density at radius 1 is 1.17 bits per heavy atom. The molecule has 0 aliphatic carbocycles. The highest BCUT2D eigenvalue weighted by molar-refractivity contribution is 6.04. The number of carbonyl (C=O) groups is 2. The van der Waals surface area contributed by atoms with Crippen LogP contribution in [-0.4, -0.2) is 17.5 Å². The molecule has 2 aliphatic heterocycles. The Bertz CT molecular complexity index is 566. The van der Waals surface area contributed by atoms with Crippen LogP contribution in [-0.2, 0) is 16.0 Å². The van der Waals surface area contributed by atoms with E-state index in [1.807, 2.05) is 12.1 Å². The Morgan fingerprint density at radius 3 is 2.83 bits per heavy atom. The number of fused-ring (bicyclic) bond motifs is 1. The molecule has 0 fully saturated rings. The Morgan fingerprint density at radius 2 is 2.06 bits per heavy atom. The number of hydrazone groups is 1. The van der Waals surface area contributed by atoms with Gasteiger partial charge in [-0.15, -0.1) is 0 Å². The van der Waals surface area contributed by atoms with Crippen molar-refractivity contribution in [2.24, 2.45) is 5.10 Å². The highest BCUT2D eigenvalue weighted by atomic mass is 16.7. The summed E-state index contributed by atoms with van der Waals surface area (Å²) < 4.78 is 0. The van der Waals surface area contributed by atoms with Crippen molar-refractivity contribution >= 4 is 17.5 Å². The molecular weight excluding hydrogens is 234 g/mol. The maximum atomic E-state index is 11.2. The maximum Gasteiger partial charge on any atom is 0.257 e. The lowest BCUT2D eigenvalue weighted by atomic mass is 9.99. The summed E-state index contributed by atoms with van der Waals surface area (Å²) in [5.74, 6) is 0.414. The van der Waals surface area contributed by atoms with E-state index in [9.17, 15) is 9.59 Å². The molecular formula is C12H11N3O3. The summed E-state index contributed by atoms with van der Waals surface area (Å²) in [5.41, 5.74) is 7.34. The first-order chi connectivity index (χ1) is 8.72. The number of amides is 2. The molecule has 0 unspecified atom stereocenters. The predicted octanol–water partition coefficient (Wildman–Crippen LogP) is 0.267. The normalized spacial score (nSPS) is 18.1. The number of nitrogens with one attached hydrogen (secondary N) is 2. The first-order valence-corrected chi connectivity index (χ1v) is 5.67. The zero-order valence-electron chi connectivity index (χ0n) is 9.53. The zero-order chi connectivity index (χ0) is 12.5. The van der Waals surface area contributed by atoms with Crippen LogP contribution in [0.4, 0.5) is 0 Å². The fourth-order valence-corrected chi connectivity index (χ4v) is 2.00. The van der Waals surface area contributed by atoms with Gasteiger partial charge < -0.3 is 4.84 Å². The molecule has 2 amide bonds. The quantitative estimate of drug-likeness (QED) is 0.745. The Kier molecular flexibility index (Phi) is 2.47. The molecule has 0 aromatic heterocycles. The van der Waals surface area contributed by atoms with Gasteiger partial charge in [-0.2, -0.15) is 10.6 Å². The minimum absolute atomic E-state index is 0.0700. The van der Waals surface area contributed by atoms with Gasteiger partial charge in [0.05, 0.1) is 12.1 Å². The number of benzene rings is 1. The van der Waals surface area contributed by atoms with Crippen molar-refractivity contribution in [3.63, 3.8) is 0 Å². The average molecular weight is 245 g/mol. The molecule has 6 nitrogen and oxygen atoms in total. The molecule has 2 aliphatic rings. The van der Waals surface area contributed by atoms with E-state index in [0.717, 1.165) is 16.8 Å². The summed E-state index contributed by atoms with van der Waals surface area (Å²) in [5, 5.41) is 4.02. The minimum Gasteiger partial charge on any atom is -0.379 e. The third-order valence-corrected chi connectivity index (χ3v) is 2.92. The summed E-state index contributed by atoms with van der Waals surface area (Å²) in [7, 11) is 0. The van der Waals surface area contributed by atoms with Crippen molar-refractivity contribution in [2.75, 3.05) is 0 Å². The van der Waals surface area contributed by atoms with Crippen LogP contribution in [0.2, 0.25) is 0 Å². The van der Waals surface area contributed by atoms with Crippen LogP contribution in [0.25, 0.3) is 0 Å². The summed E-state index contributed by atoms with van der Waals surface area (Å²) in [4.78, 5) is 27.3. The molecule has 92 valence electrons. The first-order valence-electron chi connectivity index (χ1n) is 5.67. The number of hydrogen-bond donors (Lipinski definition) is 2. The molecule has 18 heavy (non-hydrogen) atoms. The topological polar surface area (TPSA) is 79.8 Å². The molecule has 0 bridgehead atoms. The number of carbonyl (C=O) groups excluding carboxylic acids is 2. The van der Waals surface area contributed by atoms with Crippen LogP contribution >= 0.6 is 0 Å². The van der Waals surface area contributed by atoms with Gasteiger partial charge in [-0.25, -0.2) is 5.43 Å². The van der Waals surface area contributed by atoms with E-state index in [1.54, 1.807) is 6.07 Å². The standard InChI is InChI=1S/C12H11N3O3/c16-11-4-2-9(13-14-11)7-1-3-10-8(5-7)6-12(17)15-18-10/h1,3,5H,2,4,6H2,(H,14,16)(H,15,17). The molecule has 0 atom stereocenters. The highest BCUT2D eigenvalue weighted by Gasteiger charge is 2.19. The highest BCUT2D eigenvalue weighted by Crippen LogP contribution is 2.24. The molecule has 1 aromatic carbocycles. The van der Waals surface area contributed by atoms with Crippen LogP contribution in [0.1, 0.15) is 24.0 Å². The smallest absolute Gasteiger partial charge is 0.257 e. The van der Waals surface area contributed by atoms with E-state index < -0.39 is 0 Å². The number of nitrogens with zero attached hydrogens (tertiary/aromatic N) is 1. The van der Waals surface area contributed by atoms with Gasteiger partial charge >= 0.3 is 0 Å². The van der Waals surface area contributed by atoms with E-state index in [-0.39, 0.29) is 11.8 Å². The molecule has 1 aromatic rings. The van der Waals surface area contributed by atoms with Crippen LogP contribution in [0, 0.1) is 0 Å². The van der Waals surface area contributed by atoms with E-state index in [0.29, 0.717) is 25.0 Å². The van der Waals surface area contributed by atoms with E-state index in [1.165, 1.54) is 0 Å². The summed E-state index contributed by atoms with van der Waals surface area (Å²) >= 11 is 0. The summed E-state index contributed by atoms with van der Waals surface area (Å²) in [6, 6.07) is 5.54. The van der Waals surface area contributed by atoms with Gasteiger partial charge in [0.1, 0.15) is 0 Å². The van der Waals surface area contributed by atoms with Crippen LogP contribution in [0.15, 0.2) is 23.3 Å². The SMILES string of the molecule is O=C1CCC(c2ccc3c(c2)CC(=O)NO3)=NN1. The van der Waals surface area contributed by atoms with Crippen molar-refractivity contribution in [3.05, 3.63) is 29.3 Å².